The van der Waals surface area contributed by atoms with Gasteiger partial charge in [0, 0.05) is 13.1 Å². The molecule has 0 amide bonds. The molecule has 1 aliphatic carbocycles. The van der Waals surface area contributed by atoms with Crippen LogP contribution >= 0.6 is 0 Å². The third-order valence-electron chi connectivity index (χ3n) is 2.98. The Labute approximate surface area is 89.1 Å². The Hall–Kier alpha value is -0.930. The van der Waals surface area contributed by atoms with Crippen molar-refractivity contribution in [3.63, 3.8) is 0 Å². The molecule has 1 aromatic carbocycles. The van der Waals surface area contributed by atoms with E-state index < -0.39 is 5.60 Å². The zero-order valence-electron chi connectivity index (χ0n) is 8.67. The van der Waals surface area contributed by atoms with Gasteiger partial charge in [0.15, 0.2) is 0 Å². The molecule has 0 radical (unpaired) electrons. The van der Waals surface area contributed by atoms with E-state index >= 15 is 0 Å². The summed E-state index contributed by atoms with van der Waals surface area (Å²) < 4.78 is 12.6. The standard InChI is InChI=1S/C12H16FNO/c13-11-4-2-10(3-5-11)8-14-9-12(15)6-1-7-12/h2-5,14-15H,1,6-9H2. The second kappa shape index (κ2) is 4.29. The molecule has 2 rings (SSSR count). The van der Waals surface area contributed by atoms with Crippen LogP contribution in [0.1, 0.15) is 24.8 Å². The molecule has 2 nitrogen and oxygen atoms in total. The van der Waals surface area contributed by atoms with E-state index in [0.717, 1.165) is 24.8 Å². The highest BCUT2D eigenvalue weighted by molar-refractivity contribution is 5.15. The number of halogens is 1. The first-order valence-corrected chi connectivity index (χ1v) is 5.36. The molecule has 0 heterocycles. The van der Waals surface area contributed by atoms with Crippen molar-refractivity contribution in [1.29, 1.82) is 0 Å². The topological polar surface area (TPSA) is 32.3 Å². The molecule has 1 aromatic rings. The van der Waals surface area contributed by atoms with Gasteiger partial charge in [-0.3, -0.25) is 0 Å². The van der Waals surface area contributed by atoms with E-state index in [1.807, 2.05) is 0 Å². The van der Waals surface area contributed by atoms with Crippen molar-refractivity contribution in [2.24, 2.45) is 0 Å². The van der Waals surface area contributed by atoms with Crippen LogP contribution in [0.2, 0.25) is 0 Å². The summed E-state index contributed by atoms with van der Waals surface area (Å²) in [6.07, 6.45) is 2.90. The Morgan fingerprint density at radius 3 is 2.47 bits per heavy atom. The zero-order valence-corrected chi connectivity index (χ0v) is 8.67. The van der Waals surface area contributed by atoms with Crippen LogP contribution in [0.3, 0.4) is 0 Å². The summed E-state index contributed by atoms with van der Waals surface area (Å²) in [6, 6.07) is 6.42. The Balaban J connectivity index is 1.76. The fraction of sp³-hybridized carbons (Fsp3) is 0.500. The fourth-order valence-electron chi connectivity index (χ4n) is 1.80. The number of aliphatic hydroxyl groups is 1. The summed E-state index contributed by atoms with van der Waals surface area (Å²) >= 11 is 0. The molecule has 2 N–H and O–H groups in total. The Morgan fingerprint density at radius 1 is 1.27 bits per heavy atom. The minimum absolute atomic E-state index is 0.212. The lowest BCUT2D eigenvalue weighted by Crippen LogP contribution is -2.45. The molecule has 15 heavy (non-hydrogen) atoms. The highest BCUT2D eigenvalue weighted by Gasteiger charge is 2.33. The Kier molecular flexibility index (Phi) is 3.03. The second-order valence-corrected chi connectivity index (χ2v) is 4.31. The van der Waals surface area contributed by atoms with Crippen molar-refractivity contribution < 1.29 is 9.50 Å². The molecule has 1 fully saturated rings. The van der Waals surface area contributed by atoms with E-state index in [1.54, 1.807) is 12.1 Å². The van der Waals surface area contributed by atoms with Crippen LogP contribution in [0.4, 0.5) is 4.39 Å². The second-order valence-electron chi connectivity index (χ2n) is 4.31. The van der Waals surface area contributed by atoms with Gasteiger partial charge in [-0.15, -0.1) is 0 Å². The lowest BCUT2D eigenvalue weighted by molar-refractivity contribution is -0.0314. The minimum Gasteiger partial charge on any atom is -0.389 e. The molecule has 1 saturated carbocycles. The number of nitrogens with one attached hydrogen (secondary N) is 1. The summed E-state index contributed by atoms with van der Waals surface area (Å²) in [4.78, 5) is 0. The quantitative estimate of drug-likeness (QED) is 0.793. The number of benzene rings is 1. The lowest BCUT2D eigenvalue weighted by atomic mass is 9.80. The van der Waals surface area contributed by atoms with Crippen LogP contribution in [0.5, 0.6) is 0 Å². The van der Waals surface area contributed by atoms with E-state index in [-0.39, 0.29) is 5.82 Å². The van der Waals surface area contributed by atoms with Gasteiger partial charge in [-0.25, -0.2) is 4.39 Å². The summed E-state index contributed by atoms with van der Waals surface area (Å²) in [5, 5.41) is 13.0. The number of hydrogen-bond donors (Lipinski definition) is 2. The Bertz CT molecular complexity index is 319. The maximum absolute atomic E-state index is 12.6. The van der Waals surface area contributed by atoms with Gasteiger partial charge in [-0.05, 0) is 37.0 Å². The van der Waals surface area contributed by atoms with E-state index in [0.29, 0.717) is 13.1 Å². The molecule has 0 spiro atoms. The molecule has 0 aliphatic heterocycles. The monoisotopic (exact) mass is 209 g/mol. The summed E-state index contributed by atoms with van der Waals surface area (Å²) in [6.45, 7) is 1.31. The molecule has 0 unspecified atom stereocenters. The SMILES string of the molecule is OC1(CNCc2ccc(F)cc2)CCC1. The van der Waals surface area contributed by atoms with E-state index in [9.17, 15) is 9.50 Å². The summed E-state index contributed by atoms with van der Waals surface area (Å²) in [5.41, 5.74) is 0.555. The van der Waals surface area contributed by atoms with E-state index in [2.05, 4.69) is 5.32 Å². The largest absolute Gasteiger partial charge is 0.389 e. The number of rotatable bonds is 4. The van der Waals surface area contributed by atoms with Crippen molar-refractivity contribution in [2.75, 3.05) is 6.54 Å². The van der Waals surface area contributed by atoms with Gasteiger partial charge >= 0.3 is 0 Å². The van der Waals surface area contributed by atoms with Gasteiger partial charge in [-0.1, -0.05) is 12.1 Å². The average molecular weight is 209 g/mol. The maximum Gasteiger partial charge on any atom is 0.123 e. The predicted octanol–water partition coefficient (Wildman–Crippen LogP) is 1.83. The van der Waals surface area contributed by atoms with E-state index in [1.165, 1.54) is 12.1 Å². The highest BCUT2D eigenvalue weighted by atomic mass is 19.1. The Morgan fingerprint density at radius 2 is 1.93 bits per heavy atom. The first-order valence-electron chi connectivity index (χ1n) is 5.36. The molecule has 0 aromatic heterocycles. The van der Waals surface area contributed by atoms with Gasteiger partial charge < -0.3 is 10.4 Å². The summed E-state index contributed by atoms with van der Waals surface area (Å²) in [7, 11) is 0. The van der Waals surface area contributed by atoms with Crippen LogP contribution in [-0.2, 0) is 6.54 Å². The molecule has 0 saturated heterocycles. The van der Waals surface area contributed by atoms with Crippen LogP contribution in [-0.4, -0.2) is 17.3 Å². The van der Waals surface area contributed by atoms with Crippen molar-refractivity contribution in [3.05, 3.63) is 35.6 Å². The van der Waals surface area contributed by atoms with Crippen LogP contribution in [0, 0.1) is 5.82 Å². The van der Waals surface area contributed by atoms with Gasteiger partial charge in [0.1, 0.15) is 5.82 Å². The molecule has 82 valence electrons. The maximum atomic E-state index is 12.6. The molecule has 1 aliphatic rings. The van der Waals surface area contributed by atoms with Crippen LogP contribution in [0.25, 0.3) is 0 Å². The fourth-order valence-corrected chi connectivity index (χ4v) is 1.80. The molecule has 3 heteroatoms. The van der Waals surface area contributed by atoms with Gasteiger partial charge in [0.05, 0.1) is 5.60 Å². The minimum atomic E-state index is -0.486. The highest BCUT2D eigenvalue weighted by Crippen LogP contribution is 2.30. The first-order chi connectivity index (χ1) is 7.18. The lowest BCUT2D eigenvalue weighted by Gasteiger charge is -2.36. The summed E-state index contributed by atoms with van der Waals surface area (Å²) in [5.74, 6) is -0.212. The van der Waals surface area contributed by atoms with Crippen LogP contribution in [0.15, 0.2) is 24.3 Å². The third kappa shape index (κ3) is 2.76. The van der Waals surface area contributed by atoms with Crippen LogP contribution < -0.4 is 5.32 Å². The third-order valence-corrected chi connectivity index (χ3v) is 2.98. The van der Waals surface area contributed by atoms with Crippen molar-refractivity contribution in [2.45, 2.75) is 31.4 Å². The van der Waals surface area contributed by atoms with Gasteiger partial charge in [-0.2, -0.15) is 0 Å². The van der Waals surface area contributed by atoms with Crippen molar-refractivity contribution >= 4 is 0 Å². The zero-order chi connectivity index (χ0) is 10.7. The number of hydrogen-bond acceptors (Lipinski definition) is 2. The van der Waals surface area contributed by atoms with Gasteiger partial charge in [0.25, 0.3) is 0 Å². The first kappa shape index (κ1) is 10.6. The van der Waals surface area contributed by atoms with Crippen molar-refractivity contribution in [3.8, 4) is 0 Å². The van der Waals surface area contributed by atoms with Gasteiger partial charge in [0.2, 0.25) is 0 Å². The molecular formula is C12H16FNO. The van der Waals surface area contributed by atoms with Crippen molar-refractivity contribution in [1.82, 2.24) is 5.32 Å². The smallest absolute Gasteiger partial charge is 0.123 e. The van der Waals surface area contributed by atoms with E-state index in [4.69, 9.17) is 0 Å². The molecule has 0 atom stereocenters. The molecule has 0 bridgehead atoms. The molecular weight excluding hydrogens is 193 g/mol. The predicted molar refractivity (Wildman–Crippen MR) is 56.9 cm³/mol. The normalized spacial score (nSPS) is 18.5. The average Bonchev–Trinajstić information content (AvgIpc) is 2.19.